The quantitative estimate of drug-likeness (QED) is 0.117. The first-order chi connectivity index (χ1) is 13.3. The second kappa shape index (κ2) is 21.4. The maximum Gasteiger partial charge on any atom is 0.321 e. The Morgan fingerprint density at radius 3 is 1.63 bits per heavy atom. The molecule has 0 aromatic heterocycles. The molecule has 0 saturated carbocycles. The molecule has 0 atom stereocenters. The Kier molecular flexibility index (Phi) is 20.7. The fourth-order valence-electron chi connectivity index (χ4n) is 2.79. The van der Waals surface area contributed by atoms with Crippen LogP contribution in [0.5, 0.6) is 0 Å². The van der Waals surface area contributed by atoms with Crippen LogP contribution >= 0.6 is 0 Å². The Morgan fingerprint density at radius 1 is 0.556 bits per heavy atom. The highest BCUT2D eigenvalue weighted by Crippen LogP contribution is 2.20. The molecule has 4 heteroatoms. The van der Waals surface area contributed by atoms with Crippen LogP contribution in [0.4, 0.5) is 0 Å². The summed E-state index contributed by atoms with van der Waals surface area (Å²) in [6, 6.07) is 0. The molecule has 0 saturated heterocycles. The molecule has 0 bridgehead atoms. The Balaban J connectivity index is 4.37. The maximum atomic E-state index is 6.02. The summed E-state index contributed by atoms with van der Waals surface area (Å²) in [4.78, 5) is 0. The summed E-state index contributed by atoms with van der Waals surface area (Å²) in [7, 11) is 1.63. The first kappa shape index (κ1) is 26.1. The van der Waals surface area contributed by atoms with E-state index >= 15 is 0 Å². The Hall–Kier alpha value is -0.900. The number of methoxy groups -OCH3 is 1. The molecule has 4 nitrogen and oxygen atoms in total. The van der Waals surface area contributed by atoms with Crippen molar-refractivity contribution in [2.24, 2.45) is 0 Å². The molecule has 0 N–H and O–H groups in total. The number of hydrogen-bond donors (Lipinski definition) is 0. The van der Waals surface area contributed by atoms with Gasteiger partial charge >= 0.3 is 5.95 Å². The van der Waals surface area contributed by atoms with Gasteiger partial charge in [0.2, 0.25) is 0 Å². The van der Waals surface area contributed by atoms with Gasteiger partial charge in [-0.15, -0.1) is 0 Å². The van der Waals surface area contributed by atoms with Crippen molar-refractivity contribution >= 4 is 0 Å². The van der Waals surface area contributed by atoms with Crippen LogP contribution < -0.4 is 0 Å². The second-order valence-electron chi connectivity index (χ2n) is 7.24. The molecule has 0 aromatic carbocycles. The van der Waals surface area contributed by atoms with Gasteiger partial charge in [0.15, 0.2) is 12.6 Å². The zero-order chi connectivity index (χ0) is 20.0. The predicted octanol–water partition coefficient (Wildman–Crippen LogP) is 7.33. The van der Waals surface area contributed by atoms with Gasteiger partial charge in [0, 0.05) is 13.5 Å². The lowest BCUT2D eigenvalue weighted by Crippen LogP contribution is -2.09. The van der Waals surface area contributed by atoms with E-state index in [1.165, 1.54) is 51.4 Å². The van der Waals surface area contributed by atoms with Crippen molar-refractivity contribution in [2.75, 3.05) is 27.1 Å². The van der Waals surface area contributed by atoms with Crippen molar-refractivity contribution in [1.82, 2.24) is 0 Å². The first-order valence-corrected chi connectivity index (χ1v) is 11.4. The molecule has 0 aliphatic carbocycles. The molecular formula is C23H46O4. The monoisotopic (exact) mass is 386 g/mol. The Labute approximate surface area is 169 Å². The zero-order valence-corrected chi connectivity index (χ0v) is 18.7. The van der Waals surface area contributed by atoms with Crippen LogP contribution in [0.15, 0.2) is 11.7 Å². The number of rotatable bonds is 21. The van der Waals surface area contributed by atoms with E-state index in [0.29, 0.717) is 12.6 Å². The molecule has 0 fully saturated rings. The van der Waals surface area contributed by atoms with Crippen molar-refractivity contribution in [3.05, 3.63) is 11.7 Å². The fourth-order valence-corrected chi connectivity index (χ4v) is 2.79. The van der Waals surface area contributed by atoms with Crippen LogP contribution in [0.25, 0.3) is 0 Å². The van der Waals surface area contributed by atoms with Gasteiger partial charge in [0.05, 0.1) is 13.2 Å². The van der Waals surface area contributed by atoms with Crippen molar-refractivity contribution < 1.29 is 18.9 Å². The van der Waals surface area contributed by atoms with Crippen LogP contribution in [0, 0.1) is 0 Å². The third kappa shape index (κ3) is 17.0. The van der Waals surface area contributed by atoms with E-state index in [9.17, 15) is 0 Å². The van der Waals surface area contributed by atoms with E-state index in [-0.39, 0.29) is 6.79 Å². The van der Waals surface area contributed by atoms with E-state index in [4.69, 9.17) is 18.9 Å². The maximum absolute atomic E-state index is 6.02. The minimum absolute atomic E-state index is 0.194. The van der Waals surface area contributed by atoms with Crippen molar-refractivity contribution in [3.8, 4) is 0 Å². The van der Waals surface area contributed by atoms with E-state index in [2.05, 4.69) is 20.8 Å². The molecular weight excluding hydrogens is 340 g/mol. The lowest BCUT2D eigenvalue weighted by atomic mass is 10.1. The summed E-state index contributed by atoms with van der Waals surface area (Å²) >= 11 is 0. The molecule has 27 heavy (non-hydrogen) atoms. The average Bonchev–Trinajstić information content (AvgIpc) is 2.68. The molecule has 0 rings (SSSR count). The van der Waals surface area contributed by atoms with Gasteiger partial charge in [0.1, 0.15) is 0 Å². The van der Waals surface area contributed by atoms with Gasteiger partial charge in [-0.3, -0.25) is 0 Å². The largest absolute Gasteiger partial charge is 0.491 e. The third-order valence-corrected chi connectivity index (χ3v) is 4.55. The van der Waals surface area contributed by atoms with Gasteiger partial charge in [0.25, 0.3) is 0 Å². The molecule has 162 valence electrons. The van der Waals surface area contributed by atoms with Crippen LogP contribution in [0.2, 0.25) is 0 Å². The molecule has 0 aliphatic rings. The van der Waals surface area contributed by atoms with Gasteiger partial charge in [-0.05, 0) is 19.3 Å². The summed E-state index contributed by atoms with van der Waals surface area (Å²) in [5, 5.41) is 0. The van der Waals surface area contributed by atoms with E-state index in [1.54, 1.807) is 7.11 Å². The molecule has 0 heterocycles. The summed E-state index contributed by atoms with van der Waals surface area (Å²) < 4.78 is 22.6. The standard InChI is InChI=1S/C23H46O4/c1-5-8-11-12-13-14-15-16-17-18-22(25-19-9-6-2)23(27-21-24-4)26-20-10-7-3/h5-21H2,1-4H3. The smallest absolute Gasteiger partial charge is 0.321 e. The minimum Gasteiger partial charge on any atom is -0.491 e. The van der Waals surface area contributed by atoms with E-state index < -0.39 is 0 Å². The highest BCUT2D eigenvalue weighted by molar-refractivity contribution is 4.95. The summed E-state index contributed by atoms with van der Waals surface area (Å²) in [6.07, 6.45) is 17.0. The number of allylic oxidation sites excluding steroid dienone is 1. The number of unbranched alkanes of at least 4 members (excludes halogenated alkanes) is 10. The topological polar surface area (TPSA) is 36.9 Å². The summed E-state index contributed by atoms with van der Waals surface area (Å²) in [5.74, 6) is 1.39. The lowest BCUT2D eigenvalue weighted by Gasteiger charge is -2.17. The van der Waals surface area contributed by atoms with E-state index in [0.717, 1.165) is 50.9 Å². The first-order valence-electron chi connectivity index (χ1n) is 11.4. The SMILES string of the molecule is CCCCCCCCCCCC(OCCCC)=C(OCCCC)OCOC. The van der Waals surface area contributed by atoms with Crippen LogP contribution in [-0.4, -0.2) is 27.1 Å². The van der Waals surface area contributed by atoms with Gasteiger partial charge < -0.3 is 18.9 Å². The van der Waals surface area contributed by atoms with Gasteiger partial charge in [-0.1, -0.05) is 85.0 Å². The molecule has 0 aromatic rings. The summed E-state index contributed by atoms with van der Waals surface area (Å²) in [5.41, 5.74) is 0. The summed E-state index contributed by atoms with van der Waals surface area (Å²) in [6.45, 7) is 8.18. The lowest BCUT2D eigenvalue weighted by molar-refractivity contribution is -0.0690. The van der Waals surface area contributed by atoms with Crippen LogP contribution in [0.1, 0.15) is 111 Å². The number of hydrogen-bond acceptors (Lipinski definition) is 4. The minimum atomic E-state index is 0.194. The highest BCUT2D eigenvalue weighted by atomic mass is 16.7. The van der Waals surface area contributed by atoms with Crippen LogP contribution in [0.3, 0.4) is 0 Å². The molecule has 0 radical (unpaired) electrons. The highest BCUT2D eigenvalue weighted by Gasteiger charge is 2.12. The predicted molar refractivity (Wildman–Crippen MR) is 114 cm³/mol. The second-order valence-corrected chi connectivity index (χ2v) is 7.24. The van der Waals surface area contributed by atoms with Crippen molar-refractivity contribution in [2.45, 2.75) is 111 Å². The molecule has 0 amide bonds. The average molecular weight is 387 g/mol. The van der Waals surface area contributed by atoms with Gasteiger partial charge in [-0.2, -0.15) is 0 Å². The van der Waals surface area contributed by atoms with Crippen molar-refractivity contribution in [1.29, 1.82) is 0 Å². The number of ether oxygens (including phenoxy) is 4. The van der Waals surface area contributed by atoms with E-state index in [1.807, 2.05) is 0 Å². The van der Waals surface area contributed by atoms with Gasteiger partial charge in [-0.25, -0.2) is 0 Å². The third-order valence-electron chi connectivity index (χ3n) is 4.55. The van der Waals surface area contributed by atoms with Crippen LogP contribution in [-0.2, 0) is 18.9 Å². The Bertz CT molecular complexity index is 328. The fraction of sp³-hybridized carbons (Fsp3) is 0.913. The zero-order valence-electron chi connectivity index (χ0n) is 18.7. The molecule has 0 aliphatic heterocycles. The Morgan fingerprint density at radius 2 is 1.07 bits per heavy atom. The molecule has 0 spiro atoms. The molecule has 0 unspecified atom stereocenters. The van der Waals surface area contributed by atoms with Crippen molar-refractivity contribution in [3.63, 3.8) is 0 Å². The normalized spacial score (nSPS) is 12.0.